The Labute approximate surface area is 124 Å². The van der Waals surface area contributed by atoms with E-state index < -0.39 is 10.0 Å². The molecule has 0 bridgehead atoms. The van der Waals surface area contributed by atoms with E-state index in [0.717, 1.165) is 11.3 Å². The zero-order valence-corrected chi connectivity index (χ0v) is 13.4. The first-order valence-electron chi connectivity index (χ1n) is 5.72. The molecule has 0 radical (unpaired) electrons. The summed E-state index contributed by atoms with van der Waals surface area (Å²) in [6.07, 6.45) is 1.94. The molecular weight excluding hydrogens is 300 g/mol. The van der Waals surface area contributed by atoms with Crippen LogP contribution in [0.2, 0.25) is 0 Å². The van der Waals surface area contributed by atoms with Crippen molar-refractivity contribution in [3.8, 4) is 0 Å². The fraction of sp³-hybridized carbons (Fsp3) is 0.417. The number of thioether (sulfide) groups is 1. The van der Waals surface area contributed by atoms with Gasteiger partial charge in [0.05, 0.1) is 5.75 Å². The lowest BCUT2D eigenvalue weighted by Gasteiger charge is -2.13. The zero-order chi connectivity index (χ0) is 14.5. The Bertz CT molecular complexity index is 526. The summed E-state index contributed by atoms with van der Waals surface area (Å²) in [5.74, 6) is 0.711. The van der Waals surface area contributed by atoms with Crippen LogP contribution in [0, 0.1) is 0 Å². The van der Waals surface area contributed by atoms with Crippen molar-refractivity contribution in [3.63, 3.8) is 0 Å². The molecule has 0 aliphatic heterocycles. The maximum absolute atomic E-state index is 11.9. The third-order valence-corrected chi connectivity index (χ3v) is 4.94. The molecule has 1 rings (SSSR count). The van der Waals surface area contributed by atoms with Gasteiger partial charge in [-0.1, -0.05) is 36.5 Å². The maximum atomic E-state index is 11.9. The first-order chi connectivity index (χ1) is 8.84. The fourth-order valence-electron chi connectivity index (χ4n) is 1.62. The van der Waals surface area contributed by atoms with Crippen LogP contribution in [0.25, 0.3) is 0 Å². The van der Waals surface area contributed by atoms with Crippen molar-refractivity contribution in [1.82, 2.24) is 4.72 Å². The van der Waals surface area contributed by atoms with Crippen molar-refractivity contribution in [3.05, 3.63) is 35.4 Å². The topological polar surface area (TPSA) is 72.2 Å². The van der Waals surface area contributed by atoms with Gasteiger partial charge in [0.15, 0.2) is 0 Å². The Hall–Kier alpha value is -0.630. The van der Waals surface area contributed by atoms with Crippen molar-refractivity contribution in [2.45, 2.75) is 18.7 Å². The molecule has 106 valence electrons. The molecule has 7 heteroatoms. The largest absolute Gasteiger partial charge is 0.389 e. The summed E-state index contributed by atoms with van der Waals surface area (Å²) in [4.78, 5) is 0.307. The van der Waals surface area contributed by atoms with Crippen LogP contribution in [0.15, 0.2) is 24.3 Å². The summed E-state index contributed by atoms with van der Waals surface area (Å²) >= 11 is 6.45. The van der Waals surface area contributed by atoms with Crippen molar-refractivity contribution >= 4 is 39.0 Å². The lowest BCUT2D eigenvalue weighted by Crippen LogP contribution is -2.35. The molecule has 0 amide bonds. The van der Waals surface area contributed by atoms with E-state index in [0.29, 0.717) is 10.6 Å². The third kappa shape index (κ3) is 5.90. The quantitative estimate of drug-likeness (QED) is 0.745. The van der Waals surface area contributed by atoms with Gasteiger partial charge in [-0.3, -0.25) is 0 Å². The Morgan fingerprint density at radius 1 is 1.42 bits per heavy atom. The van der Waals surface area contributed by atoms with Crippen LogP contribution in [0.5, 0.6) is 0 Å². The SMILES string of the molecule is CSCC(C)NS(=O)(=O)Cc1ccc(C(N)=S)cc1. The van der Waals surface area contributed by atoms with Crippen LogP contribution in [0.3, 0.4) is 0 Å². The van der Waals surface area contributed by atoms with Crippen LogP contribution in [-0.4, -0.2) is 31.5 Å². The van der Waals surface area contributed by atoms with Crippen LogP contribution < -0.4 is 10.5 Å². The number of nitrogens with two attached hydrogens (primary N) is 1. The zero-order valence-electron chi connectivity index (χ0n) is 10.9. The number of hydrogen-bond acceptors (Lipinski definition) is 4. The normalized spacial score (nSPS) is 13.2. The molecule has 19 heavy (non-hydrogen) atoms. The van der Waals surface area contributed by atoms with Crippen LogP contribution >= 0.6 is 24.0 Å². The summed E-state index contributed by atoms with van der Waals surface area (Å²) in [6.45, 7) is 1.85. The van der Waals surface area contributed by atoms with Crippen LogP contribution in [0.4, 0.5) is 0 Å². The molecule has 1 atom stereocenters. The van der Waals surface area contributed by atoms with E-state index >= 15 is 0 Å². The minimum absolute atomic E-state index is 0.0384. The number of benzene rings is 1. The highest BCUT2D eigenvalue weighted by atomic mass is 32.2. The molecule has 0 heterocycles. The highest BCUT2D eigenvalue weighted by molar-refractivity contribution is 7.98. The van der Waals surface area contributed by atoms with E-state index in [-0.39, 0.29) is 11.8 Å². The van der Waals surface area contributed by atoms with Gasteiger partial charge >= 0.3 is 0 Å². The van der Waals surface area contributed by atoms with Gasteiger partial charge in [0, 0.05) is 17.4 Å². The second kappa shape index (κ2) is 7.23. The second-order valence-corrected chi connectivity index (χ2v) is 7.40. The smallest absolute Gasteiger partial charge is 0.216 e. The number of thiocarbonyl (C=S) groups is 1. The predicted octanol–water partition coefficient (Wildman–Crippen LogP) is 1.49. The Kier molecular flexibility index (Phi) is 6.25. The average molecular weight is 318 g/mol. The lowest BCUT2D eigenvalue weighted by atomic mass is 10.1. The molecule has 0 aliphatic carbocycles. The first-order valence-corrected chi connectivity index (χ1v) is 9.17. The molecule has 4 nitrogen and oxygen atoms in total. The van der Waals surface area contributed by atoms with E-state index in [1.807, 2.05) is 13.2 Å². The fourth-order valence-corrected chi connectivity index (χ4v) is 3.85. The van der Waals surface area contributed by atoms with Gasteiger partial charge in [-0.2, -0.15) is 11.8 Å². The Balaban J connectivity index is 2.70. The van der Waals surface area contributed by atoms with E-state index in [1.54, 1.807) is 36.0 Å². The average Bonchev–Trinajstić information content (AvgIpc) is 2.28. The summed E-state index contributed by atoms with van der Waals surface area (Å²) in [5, 5.41) is 0. The summed E-state index contributed by atoms with van der Waals surface area (Å²) < 4.78 is 26.5. The maximum Gasteiger partial charge on any atom is 0.216 e. The number of rotatable bonds is 7. The van der Waals surface area contributed by atoms with E-state index in [4.69, 9.17) is 18.0 Å². The Morgan fingerprint density at radius 3 is 2.47 bits per heavy atom. The van der Waals surface area contributed by atoms with Crippen molar-refractivity contribution in [2.75, 3.05) is 12.0 Å². The first kappa shape index (κ1) is 16.4. The highest BCUT2D eigenvalue weighted by Gasteiger charge is 2.15. The van der Waals surface area contributed by atoms with E-state index in [2.05, 4.69) is 4.72 Å². The van der Waals surface area contributed by atoms with Gasteiger partial charge in [0.2, 0.25) is 10.0 Å². The minimum Gasteiger partial charge on any atom is -0.389 e. The molecule has 0 aliphatic rings. The summed E-state index contributed by atoms with van der Waals surface area (Å²) in [5.41, 5.74) is 6.94. The lowest BCUT2D eigenvalue weighted by molar-refractivity contribution is 0.570. The molecular formula is C12H18N2O2S3. The van der Waals surface area contributed by atoms with Crippen LogP contribution in [-0.2, 0) is 15.8 Å². The van der Waals surface area contributed by atoms with Gasteiger partial charge in [0.25, 0.3) is 0 Å². The van der Waals surface area contributed by atoms with Gasteiger partial charge in [-0.05, 0) is 18.7 Å². The molecule has 1 unspecified atom stereocenters. The van der Waals surface area contributed by atoms with Crippen LogP contribution in [0.1, 0.15) is 18.1 Å². The Morgan fingerprint density at radius 2 is 2.00 bits per heavy atom. The summed E-state index contributed by atoms with van der Waals surface area (Å²) in [6, 6.07) is 6.85. The molecule has 0 spiro atoms. The van der Waals surface area contributed by atoms with Crippen molar-refractivity contribution in [2.24, 2.45) is 5.73 Å². The second-order valence-electron chi connectivity index (χ2n) is 4.29. The molecule has 0 saturated heterocycles. The predicted molar refractivity (Wildman–Crippen MR) is 85.9 cm³/mol. The molecule has 1 aromatic rings. The van der Waals surface area contributed by atoms with Gasteiger partial charge in [0.1, 0.15) is 4.99 Å². The molecule has 0 aromatic heterocycles. The number of nitrogens with one attached hydrogen (secondary N) is 1. The van der Waals surface area contributed by atoms with Gasteiger partial charge in [-0.25, -0.2) is 13.1 Å². The highest BCUT2D eigenvalue weighted by Crippen LogP contribution is 2.09. The van der Waals surface area contributed by atoms with Gasteiger partial charge < -0.3 is 5.73 Å². The third-order valence-electron chi connectivity index (χ3n) is 2.39. The minimum atomic E-state index is -3.32. The molecule has 1 aromatic carbocycles. The molecule has 0 fully saturated rings. The van der Waals surface area contributed by atoms with E-state index in [9.17, 15) is 8.42 Å². The number of sulfonamides is 1. The standard InChI is InChI=1S/C12H18N2O2S3/c1-9(7-18-2)14-19(15,16)8-10-3-5-11(6-4-10)12(13)17/h3-6,9,14H,7-8H2,1-2H3,(H2,13,17). The van der Waals surface area contributed by atoms with Gasteiger partial charge in [-0.15, -0.1) is 0 Å². The monoisotopic (exact) mass is 318 g/mol. The number of hydrogen-bond donors (Lipinski definition) is 2. The van der Waals surface area contributed by atoms with Crippen molar-refractivity contribution in [1.29, 1.82) is 0 Å². The molecule has 0 saturated carbocycles. The molecule has 3 N–H and O–H groups in total. The summed E-state index contributed by atoms with van der Waals surface area (Å²) in [7, 11) is -3.32. The van der Waals surface area contributed by atoms with Crippen molar-refractivity contribution < 1.29 is 8.42 Å². The van der Waals surface area contributed by atoms with E-state index in [1.165, 1.54) is 0 Å².